The fourth-order valence-corrected chi connectivity index (χ4v) is 2.09. The van der Waals surface area contributed by atoms with E-state index in [-0.39, 0.29) is 42.0 Å². The van der Waals surface area contributed by atoms with Crippen LogP contribution in [0.2, 0.25) is 0 Å². The van der Waals surface area contributed by atoms with Crippen molar-refractivity contribution in [2.24, 2.45) is 4.99 Å². The highest BCUT2D eigenvalue weighted by molar-refractivity contribution is 14.0. The first-order chi connectivity index (χ1) is 8.90. The molecule has 0 spiro atoms. The number of aliphatic imine (C=N–C) groups is 1. The molecule has 0 bridgehead atoms. The molecule has 0 saturated heterocycles. The molecule has 5 nitrogen and oxygen atoms in total. The standard InChI is InChI=1S/C13H22N4OS.HI/c1-13(2,3)17-11(18)8-16-12(14-4)15-7-10-5-6-19-9-10;/h5-6,9H,7-8H2,1-4H3,(H,17,18)(H2,14,15,16);1H. The van der Waals surface area contributed by atoms with Crippen molar-refractivity contribution in [3.05, 3.63) is 22.4 Å². The van der Waals surface area contributed by atoms with Crippen LogP contribution in [0.5, 0.6) is 0 Å². The highest BCUT2D eigenvalue weighted by atomic mass is 127. The zero-order valence-corrected chi connectivity index (χ0v) is 15.5. The van der Waals surface area contributed by atoms with Crippen LogP contribution in [0.25, 0.3) is 0 Å². The molecule has 1 heterocycles. The summed E-state index contributed by atoms with van der Waals surface area (Å²) in [5.41, 5.74) is 0.985. The molecule has 0 aromatic carbocycles. The highest BCUT2D eigenvalue weighted by Crippen LogP contribution is 2.04. The molecule has 3 N–H and O–H groups in total. The van der Waals surface area contributed by atoms with Crippen molar-refractivity contribution in [2.75, 3.05) is 13.6 Å². The average Bonchev–Trinajstić information content (AvgIpc) is 2.80. The molecule has 1 amide bonds. The van der Waals surface area contributed by atoms with Gasteiger partial charge < -0.3 is 16.0 Å². The van der Waals surface area contributed by atoms with Gasteiger partial charge in [0.25, 0.3) is 0 Å². The lowest BCUT2D eigenvalue weighted by Gasteiger charge is -2.21. The van der Waals surface area contributed by atoms with Gasteiger partial charge >= 0.3 is 0 Å². The van der Waals surface area contributed by atoms with Crippen LogP contribution in [0.4, 0.5) is 0 Å². The van der Waals surface area contributed by atoms with E-state index in [2.05, 4.69) is 32.4 Å². The number of halogens is 1. The molecule has 0 fully saturated rings. The van der Waals surface area contributed by atoms with Crippen LogP contribution in [-0.4, -0.2) is 31.0 Å². The Labute approximate surface area is 141 Å². The molecule has 1 aromatic rings. The lowest BCUT2D eigenvalue weighted by molar-refractivity contribution is -0.121. The van der Waals surface area contributed by atoms with Gasteiger partial charge in [-0.25, -0.2) is 0 Å². The summed E-state index contributed by atoms with van der Waals surface area (Å²) in [5.74, 6) is 0.571. The van der Waals surface area contributed by atoms with Crippen LogP contribution in [0.1, 0.15) is 26.3 Å². The number of amides is 1. The molecule has 114 valence electrons. The van der Waals surface area contributed by atoms with Gasteiger partial charge in [0.1, 0.15) is 0 Å². The number of guanidine groups is 1. The quantitative estimate of drug-likeness (QED) is 0.404. The van der Waals surface area contributed by atoms with Gasteiger partial charge in [0.05, 0.1) is 6.54 Å². The number of rotatable bonds is 4. The molecular formula is C13H23IN4OS. The van der Waals surface area contributed by atoms with Crippen molar-refractivity contribution in [3.63, 3.8) is 0 Å². The lowest BCUT2D eigenvalue weighted by atomic mass is 10.1. The van der Waals surface area contributed by atoms with E-state index >= 15 is 0 Å². The van der Waals surface area contributed by atoms with Gasteiger partial charge in [-0.15, -0.1) is 24.0 Å². The number of hydrogen-bond acceptors (Lipinski definition) is 3. The second kappa shape index (κ2) is 9.17. The number of nitrogens with one attached hydrogen (secondary N) is 3. The second-order valence-electron chi connectivity index (χ2n) is 5.21. The minimum Gasteiger partial charge on any atom is -0.352 e. The summed E-state index contributed by atoms with van der Waals surface area (Å²) in [6.45, 7) is 6.77. The van der Waals surface area contributed by atoms with Gasteiger partial charge in [0.2, 0.25) is 5.91 Å². The first-order valence-corrected chi connectivity index (χ1v) is 7.11. The second-order valence-corrected chi connectivity index (χ2v) is 5.99. The summed E-state index contributed by atoms with van der Waals surface area (Å²) in [6.07, 6.45) is 0. The Morgan fingerprint density at radius 1 is 1.35 bits per heavy atom. The van der Waals surface area contributed by atoms with Crippen molar-refractivity contribution in [1.29, 1.82) is 0 Å². The van der Waals surface area contributed by atoms with Gasteiger partial charge in [-0.3, -0.25) is 9.79 Å². The summed E-state index contributed by atoms with van der Waals surface area (Å²) >= 11 is 1.66. The molecule has 1 rings (SSSR count). The third-order valence-electron chi connectivity index (χ3n) is 2.19. The molecule has 0 aliphatic heterocycles. The van der Waals surface area contributed by atoms with Crippen LogP contribution < -0.4 is 16.0 Å². The molecule has 7 heteroatoms. The van der Waals surface area contributed by atoms with E-state index in [0.29, 0.717) is 12.5 Å². The SMILES string of the molecule is CN=C(NCC(=O)NC(C)(C)C)NCc1ccsc1.I. The predicted molar refractivity (Wildman–Crippen MR) is 95.8 cm³/mol. The lowest BCUT2D eigenvalue weighted by Crippen LogP contribution is -2.48. The third kappa shape index (κ3) is 8.36. The highest BCUT2D eigenvalue weighted by Gasteiger charge is 2.13. The average molecular weight is 410 g/mol. The van der Waals surface area contributed by atoms with E-state index in [1.54, 1.807) is 18.4 Å². The van der Waals surface area contributed by atoms with Crippen molar-refractivity contribution in [1.82, 2.24) is 16.0 Å². The van der Waals surface area contributed by atoms with Crippen LogP contribution in [0.3, 0.4) is 0 Å². The number of hydrogen-bond donors (Lipinski definition) is 3. The molecular weight excluding hydrogens is 387 g/mol. The largest absolute Gasteiger partial charge is 0.352 e. The van der Waals surface area contributed by atoms with E-state index in [1.807, 2.05) is 26.2 Å². The molecule has 20 heavy (non-hydrogen) atoms. The molecule has 0 aliphatic rings. The maximum absolute atomic E-state index is 11.7. The van der Waals surface area contributed by atoms with Crippen LogP contribution in [0.15, 0.2) is 21.8 Å². The summed E-state index contributed by atoms with van der Waals surface area (Å²) in [4.78, 5) is 15.7. The summed E-state index contributed by atoms with van der Waals surface area (Å²) in [5, 5.41) is 13.1. The molecule has 0 aliphatic carbocycles. The normalized spacial score (nSPS) is 11.5. The van der Waals surface area contributed by atoms with Crippen LogP contribution in [0, 0.1) is 0 Å². The molecule has 0 radical (unpaired) electrons. The Balaban J connectivity index is 0.00000361. The Kier molecular flexibility index (Phi) is 8.79. The molecule has 0 saturated carbocycles. The van der Waals surface area contributed by atoms with Crippen molar-refractivity contribution in [3.8, 4) is 0 Å². The fraction of sp³-hybridized carbons (Fsp3) is 0.538. The summed E-state index contributed by atoms with van der Waals surface area (Å²) < 4.78 is 0. The van der Waals surface area contributed by atoms with Gasteiger partial charge in [0, 0.05) is 19.1 Å². The molecule has 1 aromatic heterocycles. The van der Waals surface area contributed by atoms with Crippen LogP contribution in [-0.2, 0) is 11.3 Å². The van der Waals surface area contributed by atoms with E-state index in [0.717, 1.165) is 0 Å². The summed E-state index contributed by atoms with van der Waals surface area (Å²) in [7, 11) is 1.69. The fourth-order valence-electron chi connectivity index (χ4n) is 1.43. The third-order valence-corrected chi connectivity index (χ3v) is 2.93. The maximum Gasteiger partial charge on any atom is 0.239 e. The zero-order chi connectivity index (χ0) is 14.3. The van der Waals surface area contributed by atoms with Gasteiger partial charge in [-0.2, -0.15) is 11.3 Å². The van der Waals surface area contributed by atoms with Crippen LogP contribution >= 0.6 is 35.3 Å². The van der Waals surface area contributed by atoms with E-state index in [4.69, 9.17) is 0 Å². The first kappa shape index (κ1) is 19.2. The van der Waals surface area contributed by atoms with Gasteiger partial charge in [-0.1, -0.05) is 0 Å². The van der Waals surface area contributed by atoms with Crippen molar-refractivity contribution >= 4 is 47.2 Å². The smallest absolute Gasteiger partial charge is 0.239 e. The Bertz CT molecular complexity index is 426. The monoisotopic (exact) mass is 410 g/mol. The van der Waals surface area contributed by atoms with Gasteiger partial charge in [-0.05, 0) is 43.2 Å². The summed E-state index contributed by atoms with van der Waals surface area (Å²) in [6, 6.07) is 2.05. The molecule has 0 unspecified atom stereocenters. The minimum absolute atomic E-state index is 0. The number of carbonyl (C=O) groups is 1. The Morgan fingerprint density at radius 2 is 2.05 bits per heavy atom. The Hall–Kier alpha value is -0.830. The van der Waals surface area contributed by atoms with Crippen molar-refractivity contribution in [2.45, 2.75) is 32.9 Å². The minimum atomic E-state index is -0.216. The predicted octanol–water partition coefficient (Wildman–Crippen LogP) is 1.95. The number of carbonyl (C=O) groups excluding carboxylic acids is 1. The number of nitrogens with zero attached hydrogens (tertiary/aromatic N) is 1. The maximum atomic E-state index is 11.7. The van der Waals surface area contributed by atoms with E-state index in [1.165, 1.54) is 5.56 Å². The zero-order valence-electron chi connectivity index (χ0n) is 12.3. The first-order valence-electron chi connectivity index (χ1n) is 6.17. The number of thiophene rings is 1. The Morgan fingerprint density at radius 3 is 2.55 bits per heavy atom. The van der Waals surface area contributed by atoms with E-state index < -0.39 is 0 Å². The van der Waals surface area contributed by atoms with Crippen molar-refractivity contribution < 1.29 is 4.79 Å². The van der Waals surface area contributed by atoms with E-state index in [9.17, 15) is 4.79 Å². The molecule has 0 atom stereocenters. The van der Waals surface area contributed by atoms with Gasteiger partial charge in [0.15, 0.2) is 5.96 Å². The topological polar surface area (TPSA) is 65.5 Å².